The highest BCUT2D eigenvalue weighted by Gasteiger charge is 2.06. The number of hydrogen-bond acceptors (Lipinski definition) is 3. The molecule has 2 nitrogen and oxygen atoms in total. The number of benzene rings is 1. The van der Waals surface area contributed by atoms with E-state index in [4.69, 9.17) is 10.5 Å². The molecule has 60 valence electrons. The van der Waals surface area contributed by atoms with Crippen LogP contribution in [0.25, 0.3) is 10.1 Å². The van der Waals surface area contributed by atoms with E-state index < -0.39 is 0 Å². The van der Waals surface area contributed by atoms with E-state index in [0.717, 1.165) is 10.1 Å². The van der Waals surface area contributed by atoms with Crippen molar-refractivity contribution >= 4 is 21.4 Å². The molecule has 0 aliphatic carbocycles. The Morgan fingerprint density at radius 3 is 2.62 bits per heavy atom. The maximum Gasteiger partial charge on any atom is 0.101 e. The first-order valence-electron chi connectivity index (χ1n) is 3.67. The molecule has 0 unspecified atom stereocenters. The van der Waals surface area contributed by atoms with E-state index in [9.17, 15) is 0 Å². The van der Waals surface area contributed by atoms with Crippen molar-refractivity contribution in [3.05, 3.63) is 34.7 Å². The topological polar surface area (TPSA) is 47.6 Å². The Bertz CT molecular complexity index is 540. The van der Waals surface area contributed by atoms with Gasteiger partial charge in [0.25, 0.3) is 0 Å². The highest BCUT2D eigenvalue weighted by Crippen LogP contribution is 2.25. The van der Waals surface area contributed by atoms with Gasteiger partial charge in [-0.05, 0) is 23.6 Å². The Morgan fingerprint density at radius 2 is 1.92 bits per heavy atom. The fourth-order valence-electron chi connectivity index (χ4n) is 1.26. The molecule has 2 rings (SSSR count). The fourth-order valence-corrected chi connectivity index (χ4v) is 2.05. The summed E-state index contributed by atoms with van der Waals surface area (Å²) in [4.78, 5) is 0. The molecular weight excluding hydrogens is 180 g/mol. The molecular formula is C10H4N2S. The molecule has 0 radical (unpaired) electrons. The van der Waals surface area contributed by atoms with Gasteiger partial charge >= 0.3 is 0 Å². The summed E-state index contributed by atoms with van der Waals surface area (Å²) >= 11 is 1.58. The lowest BCUT2D eigenvalue weighted by atomic mass is 10.1. The van der Waals surface area contributed by atoms with E-state index >= 15 is 0 Å². The van der Waals surface area contributed by atoms with Crippen molar-refractivity contribution in [3.63, 3.8) is 0 Å². The summed E-state index contributed by atoms with van der Waals surface area (Å²) < 4.78 is 1.05. The van der Waals surface area contributed by atoms with Gasteiger partial charge in [0.15, 0.2) is 0 Å². The van der Waals surface area contributed by atoms with Gasteiger partial charge in [0, 0.05) is 10.1 Å². The van der Waals surface area contributed by atoms with Crippen LogP contribution in [0.3, 0.4) is 0 Å². The van der Waals surface area contributed by atoms with Crippen molar-refractivity contribution in [2.45, 2.75) is 0 Å². The zero-order valence-corrected chi connectivity index (χ0v) is 7.43. The summed E-state index contributed by atoms with van der Waals surface area (Å²) in [5.74, 6) is 0. The molecule has 1 aromatic heterocycles. The number of rotatable bonds is 0. The van der Waals surface area contributed by atoms with Crippen molar-refractivity contribution in [3.8, 4) is 12.1 Å². The molecule has 1 heterocycles. The molecule has 3 heteroatoms. The Morgan fingerprint density at radius 1 is 1.08 bits per heavy atom. The van der Waals surface area contributed by atoms with Gasteiger partial charge in [-0.3, -0.25) is 0 Å². The van der Waals surface area contributed by atoms with Gasteiger partial charge in [-0.1, -0.05) is 0 Å². The van der Waals surface area contributed by atoms with Crippen LogP contribution >= 0.6 is 11.3 Å². The third-order valence-electron chi connectivity index (χ3n) is 1.87. The van der Waals surface area contributed by atoms with Crippen LogP contribution in [-0.2, 0) is 0 Å². The van der Waals surface area contributed by atoms with E-state index in [2.05, 4.69) is 6.07 Å². The third-order valence-corrected chi connectivity index (χ3v) is 2.75. The summed E-state index contributed by atoms with van der Waals surface area (Å²) in [6, 6.07) is 9.51. The molecule has 2 aromatic rings. The average Bonchev–Trinajstić information content (AvgIpc) is 2.63. The fraction of sp³-hybridized carbons (Fsp3) is 0. The van der Waals surface area contributed by atoms with Crippen LogP contribution in [0.15, 0.2) is 23.6 Å². The minimum atomic E-state index is 0.452. The Labute approximate surface area is 79.3 Å². The number of nitrogens with zero attached hydrogens (tertiary/aromatic N) is 2. The SMILES string of the molecule is N#Cc1ccc2sccc2c1C#N. The second kappa shape index (κ2) is 2.90. The van der Waals surface area contributed by atoms with E-state index in [1.807, 2.05) is 23.6 Å². The Kier molecular flexibility index (Phi) is 1.73. The number of thiophene rings is 1. The molecule has 13 heavy (non-hydrogen) atoms. The molecule has 0 spiro atoms. The van der Waals surface area contributed by atoms with Gasteiger partial charge < -0.3 is 0 Å². The summed E-state index contributed by atoms with van der Waals surface area (Å²) in [5, 5.41) is 20.4. The minimum Gasteiger partial charge on any atom is -0.192 e. The first kappa shape index (κ1) is 7.79. The van der Waals surface area contributed by atoms with E-state index in [-0.39, 0.29) is 0 Å². The van der Waals surface area contributed by atoms with Gasteiger partial charge in [-0.15, -0.1) is 11.3 Å². The molecule has 0 aliphatic heterocycles. The van der Waals surface area contributed by atoms with Crippen LogP contribution in [0.1, 0.15) is 11.1 Å². The monoisotopic (exact) mass is 184 g/mol. The van der Waals surface area contributed by atoms with Crippen molar-refractivity contribution in [2.24, 2.45) is 0 Å². The van der Waals surface area contributed by atoms with Crippen LogP contribution in [0, 0.1) is 22.7 Å². The highest BCUT2D eigenvalue weighted by atomic mass is 32.1. The molecule has 0 fully saturated rings. The largest absolute Gasteiger partial charge is 0.192 e. The number of hydrogen-bond donors (Lipinski definition) is 0. The average molecular weight is 184 g/mol. The molecule has 0 saturated heterocycles. The van der Waals surface area contributed by atoms with Crippen LogP contribution < -0.4 is 0 Å². The van der Waals surface area contributed by atoms with Crippen LogP contribution in [0.2, 0.25) is 0 Å². The first-order chi connectivity index (χ1) is 6.36. The zero-order valence-electron chi connectivity index (χ0n) is 6.61. The van der Waals surface area contributed by atoms with Crippen molar-refractivity contribution in [1.29, 1.82) is 10.5 Å². The molecule has 1 aromatic carbocycles. The van der Waals surface area contributed by atoms with Crippen LogP contribution in [-0.4, -0.2) is 0 Å². The smallest absolute Gasteiger partial charge is 0.101 e. The second-order valence-electron chi connectivity index (χ2n) is 2.54. The van der Waals surface area contributed by atoms with Gasteiger partial charge in [-0.2, -0.15) is 10.5 Å². The summed E-state index contributed by atoms with van der Waals surface area (Å²) in [5.41, 5.74) is 0.939. The summed E-state index contributed by atoms with van der Waals surface area (Å²) in [6.45, 7) is 0. The number of nitriles is 2. The Hall–Kier alpha value is -1.84. The predicted molar refractivity (Wildman–Crippen MR) is 51.3 cm³/mol. The highest BCUT2D eigenvalue weighted by molar-refractivity contribution is 7.17. The summed E-state index contributed by atoms with van der Waals surface area (Å²) in [6.07, 6.45) is 0. The maximum absolute atomic E-state index is 8.87. The Balaban J connectivity index is 2.94. The molecule has 0 aliphatic rings. The molecule has 0 atom stereocenters. The van der Waals surface area contributed by atoms with Gasteiger partial charge in [0.1, 0.15) is 12.1 Å². The van der Waals surface area contributed by atoms with Crippen LogP contribution in [0.4, 0.5) is 0 Å². The predicted octanol–water partition coefficient (Wildman–Crippen LogP) is 2.64. The lowest BCUT2D eigenvalue weighted by molar-refractivity contribution is 1.46. The molecule has 0 bridgehead atoms. The van der Waals surface area contributed by atoms with Gasteiger partial charge in [-0.25, -0.2) is 0 Å². The van der Waals surface area contributed by atoms with Crippen molar-refractivity contribution in [2.75, 3.05) is 0 Å². The third kappa shape index (κ3) is 1.07. The van der Waals surface area contributed by atoms with Crippen molar-refractivity contribution < 1.29 is 0 Å². The normalized spacial score (nSPS) is 9.38. The number of fused-ring (bicyclic) bond motifs is 1. The lowest BCUT2D eigenvalue weighted by Crippen LogP contribution is -1.82. The van der Waals surface area contributed by atoms with Crippen LogP contribution in [0.5, 0.6) is 0 Å². The summed E-state index contributed by atoms with van der Waals surface area (Å²) in [7, 11) is 0. The van der Waals surface area contributed by atoms with Crippen molar-refractivity contribution in [1.82, 2.24) is 0 Å². The van der Waals surface area contributed by atoms with Gasteiger partial charge in [0.2, 0.25) is 0 Å². The van der Waals surface area contributed by atoms with Gasteiger partial charge in [0.05, 0.1) is 11.1 Å². The molecule has 0 saturated carbocycles. The lowest BCUT2D eigenvalue weighted by Gasteiger charge is -1.94. The molecule has 0 N–H and O–H groups in total. The zero-order chi connectivity index (χ0) is 9.26. The maximum atomic E-state index is 8.87. The quantitative estimate of drug-likeness (QED) is 0.631. The second-order valence-corrected chi connectivity index (χ2v) is 3.49. The van der Waals surface area contributed by atoms with E-state index in [1.54, 1.807) is 17.4 Å². The van der Waals surface area contributed by atoms with E-state index in [0.29, 0.717) is 11.1 Å². The minimum absolute atomic E-state index is 0.452. The standard InChI is InChI=1S/C10H4N2S/c11-5-7-1-2-10-8(3-4-13-10)9(7)6-12/h1-4H. The van der Waals surface area contributed by atoms with E-state index in [1.165, 1.54) is 0 Å². The first-order valence-corrected chi connectivity index (χ1v) is 4.55. The molecule has 0 amide bonds.